The molecule has 0 saturated carbocycles. The topological polar surface area (TPSA) is 97.1 Å². The predicted octanol–water partition coefficient (Wildman–Crippen LogP) is -1.10. The number of nitrogens with one attached hydrogen (secondary N) is 1. The second kappa shape index (κ2) is 2.67. The number of aromatic nitrogens is 3. The standard InChI is InChI=1S/C3H3N5O2/c9-8(10)6-3-1-2-4-7-5-3/h1-2H,(H,4,5,6). The Balaban J connectivity index is 3.06. The molecule has 1 aromatic rings. The Morgan fingerprint density at radius 1 is 1.80 bits per heavy atom. The Morgan fingerprint density at radius 2 is 2.60 bits per heavy atom. The van der Waals surface area contributed by atoms with Crippen molar-refractivity contribution in [3.05, 3.63) is 27.9 Å². The summed E-state index contributed by atoms with van der Waals surface area (Å²) < 4.78 is 0. The van der Waals surface area contributed by atoms with Gasteiger partial charge in [0.25, 0.3) is 0 Å². The summed E-state index contributed by atoms with van der Waals surface area (Å²) in [4.78, 5) is 9.74. The largest absolute Gasteiger partial charge is 0.237 e. The van der Waals surface area contributed by atoms with Gasteiger partial charge < -0.3 is 0 Å². The second-order valence-corrected chi connectivity index (χ2v) is 1.37. The van der Waals surface area contributed by atoms with Crippen molar-refractivity contribution in [3.63, 3.8) is 0 Å². The molecule has 52 valence electrons. The maximum atomic E-state index is 9.74. The van der Waals surface area contributed by atoms with Crippen molar-refractivity contribution < 1.29 is 5.03 Å². The van der Waals surface area contributed by atoms with Crippen LogP contribution in [0, 0.1) is 10.1 Å². The molecule has 0 amide bonds. The molecule has 0 bridgehead atoms. The van der Waals surface area contributed by atoms with E-state index in [0.29, 0.717) is 0 Å². The number of rotatable bonds is 1. The van der Waals surface area contributed by atoms with E-state index in [1.807, 2.05) is 0 Å². The molecule has 0 unspecified atom stereocenters. The van der Waals surface area contributed by atoms with Gasteiger partial charge in [0.15, 0.2) is 5.03 Å². The fraction of sp³-hybridized carbons (Fsp3) is 0. The summed E-state index contributed by atoms with van der Waals surface area (Å²) in [6.45, 7) is 0. The second-order valence-electron chi connectivity index (χ2n) is 1.37. The lowest BCUT2D eigenvalue weighted by atomic mass is 10.7. The van der Waals surface area contributed by atoms with Gasteiger partial charge >= 0.3 is 0 Å². The zero-order chi connectivity index (χ0) is 7.40. The van der Waals surface area contributed by atoms with Gasteiger partial charge in [0.05, 0.1) is 11.3 Å². The highest BCUT2D eigenvalue weighted by Crippen LogP contribution is 1.64. The maximum absolute atomic E-state index is 9.74. The molecule has 1 heterocycles. The van der Waals surface area contributed by atoms with Crippen LogP contribution in [0.4, 0.5) is 0 Å². The van der Waals surface area contributed by atoms with E-state index in [9.17, 15) is 10.1 Å². The molecule has 0 atom stereocenters. The zero-order valence-electron chi connectivity index (χ0n) is 4.76. The van der Waals surface area contributed by atoms with Crippen molar-refractivity contribution in [1.82, 2.24) is 15.4 Å². The third-order valence-electron chi connectivity index (χ3n) is 0.711. The van der Waals surface area contributed by atoms with Crippen molar-refractivity contribution in [2.45, 2.75) is 0 Å². The number of hydrogen-bond acceptors (Lipinski definition) is 4. The van der Waals surface area contributed by atoms with Crippen molar-refractivity contribution in [1.29, 1.82) is 0 Å². The molecular weight excluding hydrogens is 138 g/mol. The normalized spacial score (nSPS) is 11.4. The molecule has 7 heteroatoms. The van der Waals surface area contributed by atoms with E-state index in [2.05, 4.69) is 20.5 Å². The van der Waals surface area contributed by atoms with Gasteiger partial charge in [0.2, 0.25) is 5.49 Å². The predicted molar refractivity (Wildman–Crippen MR) is 28.9 cm³/mol. The highest BCUT2D eigenvalue weighted by molar-refractivity contribution is 4.70. The van der Waals surface area contributed by atoms with Crippen LogP contribution < -0.4 is 5.49 Å². The van der Waals surface area contributed by atoms with E-state index in [-0.39, 0.29) is 5.49 Å². The first-order chi connectivity index (χ1) is 4.79. The lowest BCUT2D eigenvalue weighted by Gasteiger charge is -1.77. The average Bonchev–Trinajstić information content (AvgIpc) is 1.88. The van der Waals surface area contributed by atoms with Gasteiger partial charge in [-0.1, -0.05) is 5.21 Å². The fourth-order valence-electron chi connectivity index (χ4n) is 0.398. The van der Waals surface area contributed by atoms with E-state index in [1.54, 1.807) is 0 Å². The molecule has 1 aromatic heterocycles. The summed E-state index contributed by atoms with van der Waals surface area (Å²) in [5.74, 6) is 0. The molecular formula is C3H3N5O2. The third-order valence-corrected chi connectivity index (χ3v) is 0.711. The maximum Gasteiger partial charge on any atom is 0.223 e. The van der Waals surface area contributed by atoms with Gasteiger partial charge in [0, 0.05) is 6.07 Å². The SMILES string of the molecule is O=[N+]([O-])N=c1ccnn[nH]1. The first kappa shape index (κ1) is 6.33. The van der Waals surface area contributed by atoms with Crippen LogP contribution in [-0.2, 0) is 0 Å². The van der Waals surface area contributed by atoms with Crippen LogP contribution in [0.1, 0.15) is 0 Å². The molecule has 1 N–H and O–H groups in total. The first-order valence-electron chi connectivity index (χ1n) is 2.34. The average molecular weight is 141 g/mol. The summed E-state index contributed by atoms with van der Waals surface area (Å²) in [6.07, 6.45) is 1.30. The van der Waals surface area contributed by atoms with Gasteiger partial charge in [0.1, 0.15) is 0 Å². The molecule has 0 radical (unpaired) electrons. The molecule has 0 aromatic carbocycles. The monoisotopic (exact) mass is 141 g/mol. The Labute approximate surface area is 54.5 Å². The summed E-state index contributed by atoms with van der Waals surface area (Å²) in [5.41, 5.74) is 0.0694. The first-order valence-corrected chi connectivity index (χ1v) is 2.34. The molecule has 0 aliphatic heterocycles. The molecule has 0 aliphatic rings. The minimum atomic E-state index is -0.812. The van der Waals surface area contributed by atoms with Gasteiger partial charge in [-0.3, -0.25) is 0 Å². The van der Waals surface area contributed by atoms with E-state index in [0.717, 1.165) is 0 Å². The molecule has 0 fully saturated rings. The van der Waals surface area contributed by atoms with Crippen LogP contribution in [0.2, 0.25) is 0 Å². The van der Waals surface area contributed by atoms with Crippen molar-refractivity contribution in [2.75, 3.05) is 0 Å². The number of H-pyrrole nitrogens is 1. The van der Waals surface area contributed by atoms with E-state index < -0.39 is 5.03 Å². The Morgan fingerprint density at radius 3 is 3.10 bits per heavy atom. The highest BCUT2D eigenvalue weighted by atomic mass is 16.7. The Bertz CT molecular complexity index is 273. The van der Waals surface area contributed by atoms with Crippen LogP contribution in [0.5, 0.6) is 0 Å². The minimum Gasteiger partial charge on any atom is -0.237 e. The van der Waals surface area contributed by atoms with Crippen LogP contribution in [0.15, 0.2) is 17.4 Å². The van der Waals surface area contributed by atoms with Crippen LogP contribution >= 0.6 is 0 Å². The Kier molecular flexibility index (Phi) is 1.69. The van der Waals surface area contributed by atoms with Crippen molar-refractivity contribution in [3.8, 4) is 0 Å². The summed E-state index contributed by atoms with van der Waals surface area (Å²) in [6, 6.07) is 1.34. The van der Waals surface area contributed by atoms with Crippen LogP contribution in [0.3, 0.4) is 0 Å². The smallest absolute Gasteiger partial charge is 0.223 e. The summed E-state index contributed by atoms with van der Waals surface area (Å²) >= 11 is 0. The van der Waals surface area contributed by atoms with Crippen molar-refractivity contribution >= 4 is 0 Å². The quantitative estimate of drug-likeness (QED) is 0.396. The molecule has 0 spiro atoms. The number of nitrogens with zero attached hydrogens (tertiary/aromatic N) is 4. The molecule has 1 rings (SSSR count). The molecule has 0 aliphatic carbocycles. The fourth-order valence-corrected chi connectivity index (χ4v) is 0.398. The van der Waals surface area contributed by atoms with E-state index in [1.165, 1.54) is 12.3 Å². The number of nitro groups is 1. The van der Waals surface area contributed by atoms with E-state index >= 15 is 0 Å². The highest BCUT2D eigenvalue weighted by Gasteiger charge is 1.87. The lowest BCUT2D eigenvalue weighted by Crippen LogP contribution is -2.11. The van der Waals surface area contributed by atoms with Gasteiger partial charge in [-0.15, -0.1) is 5.10 Å². The van der Waals surface area contributed by atoms with Crippen molar-refractivity contribution in [2.24, 2.45) is 5.10 Å². The van der Waals surface area contributed by atoms with Crippen LogP contribution in [0.25, 0.3) is 0 Å². The van der Waals surface area contributed by atoms with Gasteiger partial charge in [-0.25, -0.2) is 15.2 Å². The number of aromatic amines is 1. The summed E-state index contributed by atoms with van der Waals surface area (Å²) in [5, 5.41) is 20.7. The Hall–Kier alpha value is -1.79. The summed E-state index contributed by atoms with van der Waals surface area (Å²) in [7, 11) is 0. The van der Waals surface area contributed by atoms with Gasteiger partial charge in [-0.2, -0.15) is 0 Å². The van der Waals surface area contributed by atoms with E-state index in [4.69, 9.17) is 0 Å². The molecule has 10 heavy (non-hydrogen) atoms. The van der Waals surface area contributed by atoms with Crippen LogP contribution in [-0.4, -0.2) is 20.4 Å². The lowest BCUT2D eigenvalue weighted by molar-refractivity contribution is -0.490. The molecule has 7 nitrogen and oxygen atoms in total. The van der Waals surface area contributed by atoms with Gasteiger partial charge in [-0.05, 0) is 0 Å². The zero-order valence-corrected chi connectivity index (χ0v) is 4.76. The minimum absolute atomic E-state index is 0.0694. The molecule has 0 saturated heterocycles. The number of hydrogen-bond donors (Lipinski definition) is 1. The third kappa shape index (κ3) is 1.62.